The summed E-state index contributed by atoms with van der Waals surface area (Å²) in [5, 5.41) is 13.1. The summed E-state index contributed by atoms with van der Waals surface area (Å²) in [5.41, 5.74) is 13.0. The van der Waals surface area contributed by atoms with E-state index in [1.807, 2.05) is 0 Å². The Labute approximate surface area is 278 Å². The number of hydrogen-bond donors (Lipinski definition) is 0. The summed E-state index contributed by atoms with van der Waals surface area (Å²) in [5.74, 6) is 0. The molecule has 0 amide bonds. The molecule has 0 N–H and O–H groups in total. The molecule has 1 aliphatic rings. The first kappa shape index (κ1) is 25.9. The van der Waals surface area contributed by atoms with Gasteiger partial charge in [0.25, 0.3) is 0 Å². The molecule has 220 valence electrons. The Hall–Kier alpha value is -6.24. The van der Waals surface area contributed by atoms with Crippen molar-refractivity contribution in [2.24, 2.45) is 0 Å². The molecule has 11 rings (SSSR count). The van der Waals surface area contributed by atoms with Crippen LogP contribution in [0.5, 0.6) is 0 Å². The fraction of sp³-hybridized carbons (Fsp3) is 0. The zero-order valence-corrected chi connectivity index (χ0v) is 26.2. The normalized spacial score (nSPS) is 12.2. The van der Waals surface area contributed by atoms with Crippen molar-refractivity contribution in [2.75, 3.05) is 0 Å². The minimum atomic E-state index is 1.25. The molecule has 0 heteroatoms. The molecule has 0 aromatic heterocycles. The maximum absolute atomic E-state index is 2.50. The lowest BCUT2D eigenvalue weighted by Gasteiger charge is -2.21. The fourth-order valence-electron chi connectivity index (χ4n) is 8.66. The Morgan fingerprint density at radius 2 is 0.729 bits per heavy atom. The number of fused-ring (bicyclic) bond motifs is 5. The topological polar surface area (TPSA) is 0 Å². The first-order valence-electron chi connectivity index (χ1n) is 16.8. The highest BCUT2D eigenvalue weighted by Gasteiger charge is 2.32. The summed E-state index contributed by atoms with van der Waals surface area (Å²) in [4.78, 5) is 0. The van der Waals surface area contributed by atoms with Crippen LogP contribution in [0.15, 0.2) is 170 Å². The van der Waals surface area contributed by atoms with E-state index < -0.39 is 0 Å². The van der Waals surface area contributed by atoms with E-state index >= 15 is 0 Å². The van der Waals surface area contributed by atoms with Crippen LogP contribution in [0.25, 0.3) is 109 Å². The Balaban J connectivity index is 1.38. The molecule has 0 heterocycles. The number of hydrogen-bond acceptors (Lipinski definition) is 0. The molecule has 0 spiro atoms. The minimum absolute atomic E-state index is 1.25. The van der Waals surface area contributed by atoms with Crippen LogP contribution in [-0.4, -0.2) is 0 Å². The summed E-state index contributed by atoms with van der Waals surface area (Å²) in [6.07, 6.45) is 0. The van der Waals surface area contributed by atoms with Crippen LogP contribution < -0.4 is 0 Å². The van der Waals surface area contributed by atoms with Crippen LogP contribution >= 0.6 is 0 Å². The molecule has 0 aliphatic heterocycles. The Bertz CT molecular complexity index is 2900. The second-order valence-corrected chi connectivity index (χ2v) is 13.2. The van der Waals surface area contributed by atoms with Crippen LogP contribution in [0.2, 0.25) is 0 Å². The van der Waals surface area contributed by atoms with E-state index in [1.54, 1.807) is 0 Å². The Morgan fingerprint density at radius 3 is 1.35 bits per heavy atom. The zero-order valence-electron chi connectivity index (χ0n) is 26.2. The molecule has 0 nitrogen and oxygen atoms in total. The van der Waals surface area contributed by atoms with Crippen LogP contribution in [0.1, 0.15) is 0 Å². The lowest BCUT2D eigenvalue weighted by Crippen LogP contribution is -1.94. The molecule has 0 saturated carbocycles. The predicted octanol–water partition coefficient (Wildman–Crippen LogP) is 13.5. The van der Waals surface area contributed by atoms with Gasteiger partial charge in [-0.25, -0.2) is 0 Å². The molecular formula is C48H28. The first-order chi connectivity index (χ1) is 23.8. The van der Waals surface area contributed by atoms with Crippen LogP contribution in [-0.2, 0) is 0 Å². The first-order valence-corrected chi connectivity index (χ1v) is 16.8. The lowest BCUT2D eigenvalue weighted by atomic mass is 9.81. The van der Waals surface area contributed by atoms with Gasteiger partial charge in [0.1, 0.15) is 0 Å². The molecule has 0 radical (unpaired) electrons. The average Bonchev–Trinajstić information content (AvgIpc) is 3.47. The van der Waals surface area contributed by atoms with Crippen molar-refractivity contribution in [1.82, 2.24) is 0 Å². The Kier molecular flexibility index (Phi) is 5.20. The van der Waals surface area contributed by atoms with Crippen molar-refractivity contribution in [1.29, 1.82) is 0 Å². The molecule has 10 aromatic rings. The summed E-state index contributed by atoms with van der Waals surface area (Å²) in [6.45, 7) is 0. The van der Waals surface area contributed by atoms with E-state index in [1.165, 1.54) is 109 Å². The third-order valence-corrected chi connectivity index (χ3v) is 10.6. The van der Waals surface area contributed by atoms with Crippen molar-refractivity contribution in [3.05, 3.63) is 170 Å². The SMILES string of the molecule is c1ccc(-c2cc3ccc4ccc5c6c(cc(c2)c3c46)-c2c-5c(-c3ccccc3)c3cc4ccccc4cc3c2-c2ccccc2)cc1. The monoisotopic (exact) mass is 604 g/mol. The lowest BCUT2D eigenvalue weighted by molar-refractivity contribution is 1.63. The summed E-state index contributed by atoms with van der Waals surface area (Å²) in [7, 11) is 0. The van der Waals surface area contributed by atoms with Gasteiger partial charge < -0.3 is 0 Å². The highest BCUT2D eigenvalue weighted by molar-refractivity contribution is 6.36. The van der Waals surface area contributed by atoms with E-state index in [-0.39, 0.29) is 0 Å². The van der Waals surface area contributed by atoms with Crippen molar-refractivity contribution in [3.63, 3.8) is 0 Å². The zero-order chi connectivity index (χ0) is 31.3. The molecule has 0 fully saturated rings. The van der Waals surface area contributed by atoms with E-state index in [4.69, 9.17) is 0 Å². The molecule has 48 heavy (non-hydrogen) atoms. The highest BCUT2D eigenvalue weighted by atomic mass is 14.3. The van der Waals surface area contributed by atoms with Gasteiger partial charge in [0, 0.05) is 0 Å². The maximum atomic E-state index is 2.50. The third kappa shape index (κ3) is 3.49. The van der Waals surface area contributed by atoms with Gasteiger partial charge in [0.15, 0.2) is 0 Å². The molecular weight excluding hydrogens is 577 g/mol. The summed E-state index contributed by atoms with van der Waals surface area (Å²) in [6, 6.07) is 63.2. The van der Waals surface area contributed by atoms with Crippen molar-refractivity contribution in [3.8, 4) is 55.6 Å². The third-order valence-electron chi connectivity index (χ3n) is 10.6. The van der Waals surface area contributed by atoms with Crippen LogP contribution in [0, 0.1) is 0 Å². The summed E-state index contributed by atoms with van der Waals surface area (Å²) >= 11 is 0. The average molecular weight is 605 g/mol. The standard InChI is InChI=1S/C48H28/c1-4-12-29(13-5-1)36-24-35-21-20-32-22-23-38-46-41(28-37(25-36)42(35)45(32)46)48-44(31-16-8-3-9-17-31)40-27-34-19-11-10-18-33(34)26-39(40)43(47(38)48)30-14-6-2-7-15-30/h1-28H. The Morgan fingerprint density at radius 1 is 0.229 bits per heavy atom. The molecule has 10 aromatic carbocycles. The van der Waals surface area contributed by atoms with Gasteiger partial charge in [-0.1, -0.05) is 140 Å². The molecule has 0 atom stereocenters. The van der Waals surface area contributed by atoms with Crippen molar-refractivity contribution < 1.29 is 0 Å². The van der Waals surface area contributed by atoms with Crippen molar-refractivity contribution in [2.45, 2.75) is 0 Å². The van der Waals surface area contributed by atoms with Crippen LogP contribution in [0.4, 0.5) is 0 Å². The van der Waals surface area contributed by atoms with E-state index in [0.717, 1.165) is 0 Å². The second kappa shape index (κ2) is 9.64. The highest BCUT2D eigenvalue weighted by Crippen LogP contribution is 2.60. The van der Waals surface area contributed by atoms with E-state index in [2.05, 4.69) is 170 Å². The summed E-state index contributed by atoms with van der Waals surface area (Å²) < 4.78 is 0. The van der Waals surface area contributed by atoms with Gasteiger partial charge in [0.2, 0.25) is 0 Å². The van der Waals surface area contributed by atoms with Crippen molar-refractivity contribution >= 4 is 53.9 Å². The van der Waals surface area contributed by atoms with Gasteiger partial charge in [-0.2, -0.15) is 0 Å². The smallest absolute Gasteiger partial charge is 0.000719 e. The van der Waals surface area contributed by atoms with Gasteiger partial charge in [0.05, 0.1) is 0 Å². The largest absolute Gasteiger partial charge is 0.0622 e. The number of rotatable bonds is 3. The predicted molar refractivity (Wildman–Crippen MR) is 206 cm³/mol. The van der Waals surface area contributed by atoms with Gasteiger partial charge in [-0.05, 0) is 140 Å². The second-order valence-electron chi connectivity index (χ2n) is 13.2. The maximum Gasteiger partial charge on any atom is -0.000719 e. The minimum Gasteiger partial charge on any atom is -0.0622 e. The van der Waals surface area contributed by atoms with Gasteiger partial charge >= 0.3 is 0 Å². The van der Waals surface area contributed by atoms with E-state index in [0.29, 0.717) is 0 Å². The molecule has 0 unspecified atom stereocenters. The van der Waals surface area contributed by atoms with Gasteiger partial charge in [-0.3, -0.25) is 0 Å². The van der Waals surface area contributed by atoms with Gasteiger partial charge in [-0.15, -0.1) is 0 Å². The van der Waals surface area contributed by atoms with Crippen LogP contribution in [0.3, 0.4) is 0 Å². The number of benzene rings is 10. The fourth-order valence-corrected chi connectivity index (χ4v) is 8.66. The van der Waals surface area contributed by atoms with E-state index in [9.17, 15) is 0 Å². The molecule has 0 bridgehead atoms. The molecule has 0 saturated heterocycles. The quantitative estimate of drug-likeness (QED) is 0.139. The molecule has 1 aliphatic carbocycles.